The zero-order chi connectivity index (χ0) is 16.2. The van der Waals surface area contributed by atoms with E-state index in [1.807, 2.05) is 20.8 Å². The summed E-state index contributed by atoms with van der Waals surface area (Å²) in [5.41, 5.74) is 5.58. The zero-order valence-electron chi connectivity index (χ0n) is 12.1. The number of nitrogens with two attached hydrogens (primary N) is 1. The van der Waals surface area contributed by atoms with Gasteiger partial charge in [-0.1, -0.05) is 30.1 Å². The Hall–Kier alpha value is -1.46. The molecular weight excluding hydrogens is 315 g/mol. The van der Waals surface area contributed by atoms with Crippen LogP contribution in [0.5, 0.6) is 0 Å². The lowest BCUT2D eigenvalue weighted by Gasteiger charge is -2.24. The number of benzene rings is 1. The molecule has 1 amide bonds. The van der Waals surface area contributed by atoms with Gasteiger partial charge in [0.2, 0.25) is 0 Å². The molecule has 0 aliphatic rings. The van der Waals surface area contributed by atoms with Gasteiger partial charge < -0.3 is 15.8 Å². The third-order valence-corrected chi connectivity index (χ3v) is 3.80. The van der Waals surface area contributed by atoms with E-state index < -0.39 is 5.97 Å². The highest BCUT2D eigenvalue weighted by Gasteiger charge is 2.19. The van der Waals surface area contributed by atoms with Crippen LogP contribution in [0.1, 0.15) is 37.6 Å². The molecule has 1 rings (SSSR count). The average Bonchev–Trinajstić information content (AvgIpc) is 2.41. The van der Waals surface area contributed by atoms with Crippen LogP contribution in [-0.4, -0.2) is 24.0 Å². The number of hydrogen-bond donors (Lipinski definition) is 2. The summed E-state index contributed by atoms with van der Waals surface area (Å²) < 4.78 is 4.92. The lowest BCUT2D eigenvalue weighted by atomic mass is 10.0. The molecule has 0 fully saturated rings. The van der Waals surface area contributed by atoms with Gasteiger partial charge in [-0.15, -0.1) is 0 Å². The molecule has 0 aromatic heterocycles. The Balaban J connectivity index is 2.65. The maximum Gasteiger partial charge on any atom is 0.338 e. The normalized spacial score (nSPS) is 11.1. The standard InChI is InChI=1S/C14H18Cl2N2O3/c1-4-14(2,3)18-11(19)7-21-13(20)8-5-9(15)12(16)10(17)6-8/h5-6H,4,7,17H2,1-3H3,(H,18,19). The Morgan fingerprint density at radius 1 is 1.33 bits per heavy atom. The Bertz CT molecular complexity index is 536. The number of anilines is 1. The summed E-state index contributed by atoms with van der Waals surface area (Å²) in [7, 11) is 0. The molecule has 0 atom stereocenters. The van der Waals surface area contributed by atoms with E-state index in [1.165, 1.54) is 12.1 Å². The van der Waals surface area contributed by atoms with Gasteiger partial charge >= 0.3 is 5.97 Å². The summed E-state index contributed by atoms with van der Waals surface area (Å²) in [6.45, 7) is 5.34. The van der Waals surface area contributed by atoms with Gasteiger partial charge in [0.05, 0.1) is 21.3 Å². The SMILES string of the molecule is CCC(C)(C)NC(=O)COC(=O)c1cc(N)c(Cl)c(Cl)c1. The fraction of sp³-hybridized carbons (Fsp3) is 0.429. The second-order valence-corrected chi connectivity index (χ2v) is 6.01. The van der Waals surface area contributed by atoms with Gasteiger partial charge in [0.25, 0.3) is 5.91 Å². The van der Waals surface area contributed by atoms with Crippen LogP contribution in [-0.2, 0) is 9.53 Å². The number of nitrogens with one attached hydrogen (secondary N) is 1. The molecule has 116 valence electrons. The minimum Gasteiger partial charge on any atom is -0.452 e. The monoisotopic (exact) mass is 332 g/mol. The van der Waals surface area contributed by atoms with Crippen molar-refractivity contribution in [1.29, 1.82) is 0 Å². The summed E-state index contributed by atoms with van der Waals surface area (Å²) in [5, 5.41) is 3.09. The molecule has 1 aromatic carbocycles. The second-order valence-electron chi connectivity index (χ2n) is 5.22. The van der Waals surface area contributed by atoms with Gasteiger partial charge in [0.15, 0.2) is 6.61 Å². The number of hydrogen-bond acceptors (Lipinski definition) is 4. The van der Waals surface area contributed by atoms with E-state index in [0.717, 1.165) is 6.42 Å². The summed E-state index contributed by atoms with van der Waals surface area (Å²) >= 11 is 11.6. The van der Waals surface area contributed by atoms with E-state index in [2.05, 4.69) is 5.32 Å². The van der Waals surface area contributed by atoms with Crippen molar-refractivity contribution in [1.82, 2.24) is 5.32 Å². The fourth-order valence-corrected chi connectivity index (χ4v) is 1.78. The number of carbonyl (C=O) groups excluding carboxylic acids is 2. The fourth-order valence-electron chi connectivity index (χ4n) is 1.44. The van der Waals surface area contributed by atoms with E-state index in [9.17, 15) is 9.59 Å². The van der Waals surface area contributed by atoms with Gasteiger partial charge in [-0.3, -0.25) is 4.79 Å². The van der Waals surface area contributed by atoms with Crippen molar-refractivity contribution in [2.45, 2.75) is 32.7 Å². The predicted molar refractivity (Wildman–Crippen MR) is 83.7 cm³/mol. The topological polar surface area (TPSA) is 81.4 Å². The quantitative estimate of drug-likeness (QED) is 0.641. The molecule has 7 heteroatoms. The van der Waals surface area contributed by atoms with Gasteiger partial charge in [-0.05, 0) is 32.4 Å². The van der Waals surface area contributed by atoms with Crippen LogP contribution >= 0.6 is 23.2 Å². The van der Waals surface area contributed by atoms with Crippen LogP contribution in [0.25, 0.3) is 0 Å². The molecule has 3 N–H and O–H groups in total. The molecule has 0 bridgehead atoms. The van der Waals surface area contributed by atoms with Crippen LogP contribution in [0, 0.1) is 0 Å². The smallest absolute Gasteiger partial charge is 0.338 e. The third kappa shape index (κ3) is 5.10. The molecule has 0 saturated heterocycles. The number of halogens is 2. The molecule has 1 aromatic rings. The third-order valence-electron chi connectivity index (χ3n) is 2.99. The summed E-state index contributed by atoms with van der Waals surface area (Å²) in [6.07, 6.45) is 0.760. The number of amides is 1. The van der Waals surface area contributed by atoms with Gasteiger partial charge in [-0.2, -0.15) is 0 Å². The molecule has 21 heavy (non-hydrogen) atoms. The highest BCUT2D eigenvalue weighted by Crippen LogP contribution is 2.29. The van der Waals surface area contributed by atoms with E-state index >= 15 is 0 Å². The van der Waals surface area contributed by atoms with Crippen LogP contribution in [0.3, 0.4) is 0 Å². The van der Waals surface area contributed by atoms with E-state index in [4.69, 9.17) is 33.7 Å². The van der Waals surface area contributed by atoms with Crippen molar-refractivity contribution in [2.24, 2.45) is 0 Å². The highest BCUT2D eigenvalue weighted by atomic mass is 35.5. The summed E-state index contributed by atoms with van der Waals surface area (Å²) in [5.74, 6) is -1.06. The molecule has 0 saturated carbocycles. The van der Waals surface area contributed by atoms with Crippen molar-refractivity contribution in [3.05, 3.63) is 27.7 Å². The Morgan fingerprint density at radius 3 is 2.48 bits per heavy atom. The largest absolute Gasteiger partial charge is 0.452 e. The molecule has 0 heterocycles. The Labute approximate surface area is 133 Å². The second kappa shape index (κ2) is 7.00. The first-order valence-electron chi connectivity index (χ1n) is 6.39. The summed E-state index contributed by atoms with van der Waals surface area (Å²) in [6, 6.07) is 2.70. The number of ether oxygens (including phenoxy) is 1. The van der Waals surface area contributed by atoms with Crippen LogP contribution in [0.2, 0.25) is 10.0 Å². The summed E-state index contributed by atoms with van der Waals surface area (Å²) in [4.78, 5) is 23.5. The highest BCUT2D eigenvalue weighted by molar-refractivity contribution is 6.43. The Morgan fingerprint density at radius 2 is 1.95 bits per heavy atom. The van der Waals surface area contributed by atoms with E-state index in [0.29, 0.717) is 0 Å². The molecule has 0 radical (unpaired) electrons. The van der Waals surface area contributed by atoms with Crippen LogP contribution in [0.15, 0.2) is 12.1 Å². The predicted octanol–water partition coefficient (Wildman–Crippen LogP) is 3.04. The van der Waals surface area contributed by atoms with Crippen molar-refractivity contribution >= 4 is 40.8 Å². The van der Waals surface area contributed by atoms with E-state index in [1.54, 1.807) is 0 Å². The molecule has 0 spiro atoms. The van der Waals surface area contributed by atoms with Gasteiger partial charge in [0, 0.05) is 5.54 Å². The lowest BCUT2D eigenvalue weighted by molar-refractivity contribution is -0.125. The maximum atomic E-state index is 11.8. The van der Waals surface area contributed by atoms with Crippen molar-refractivity contribution in [3.63, 3.8) is 0 Å². The molecular formula is C14H18Cl2N2O3. The lowest BCUT2D eigenvalue weighted by Crippen LogP contribution is -2.44. The minimum absolute atomic E-state index is 0.143. The minimum atomic E-state index is -0.690. The number of nitrogen functional groups attached to an aromatic ring is 1. The van der Waals surface area contributed by atoms with Crippen LogP contribution in [0.4, 0.5) is 5.69 Å². The van der Waals surface area contributed by atoms with Crippen molar-refractivity contribution < 1.29 is 14.3 Å². The first-order valence-corrected chi connectivity index (χ1v) is 7.14. The first-order chi connectivity index (χ1) is 9.66. The average molecular weight is 333 g/mol. The Kier molecular flexibility index (Phi) is 5.87. The number of rotatable bonds is 5. The maximum absolute atomic E-state index is 11.8. The molecule has 5 nitrogen and oxygen atoms in total. The zero-order valence-corrected chi connectivity index (χ0v) is 13.6. The van der Waals surface area contributed by atoms with E-state index in [-0.39, 0.29) is 39.3 Å². The van der Waals surface area contributed by atoms with Crippen molar-refractivity contribution in [2.75, 3.05) is 12.3 Å². The molecule has 0 aliphatic heterocycles. The van der Waals surface area contributed by atoms with Crippen LogP contribution < -0.4 is 11.1 Å². The van der Waals surface area contributed by atoms with Crippen molar-refractivity contribution in [3.8, 4) is 0 Å². The molecule has 0 unspecified atom stereocenters. The van der Waals surface area contributed by atoms with Gasteiger partial charge in [0.1, 0.15) is 0 Å². The first kappa shape index (κ1) is 17.6. The van der Waals surface area contributed by atoms with Gasteiger partial charge in [-0.25, -0.2) is 4.79 Å². The number of esters is 1. The molecule has 0 aliphatic carbocycles. The number of carbonyl (C=O) groups is 2.